The Morgan fingerprint density at radius 2 is 1.71 bits per heavy atom. The highest BCUT2D eigenvalue weighted by atomic mass is 35.5. The fraction of sp³-hybridized carbons (Fsp3) is 0.259. The van der Waals surface area contributed by atoms with Gasteiger partial charge in [0, 0.05) is 30.8 Å². The fourth-order valence-corrected chi connectivity index (χ4v) is 4.42. The topological polar surface area (TPSA) is 82.7 Å². The van der Waals surface area contributed by atoms with Crippen LogP contribution in [0.2, 0.25) is 5.02 Å². The molecule has 0 radical (unpaired) electrons. The van der Waals surface area contributed by atoms with Gasteiger partial charge < -0.3 is 25.6 Å². The number of halogens is 1. The number of hydrogen-bond acceptors (Lipinski definition) is 4. The number of nitrogens with one attached hydrogen (secondary N) is 3. The minimum atomic E-state index is -0.428. The molecule has 3 amide bonds. The van der Waals surface area contributed by atoms with Crippen molar-refractivity contribution in [2.45, 2.75) is 26.3 Å². The van der Waals surface area contributed by atoms with E-state index in [1.807, 2.05) is 43.3 Å². The monoisotopic (exact) mass is 492 g/mol. The molecule has 35 heavy (non-hydrogen) atoms. The number of nitrogens with zero attached hydrogens (tertiary/aromatic N) is 1. The number of para-hydroxylation sites is 1. The largest absolute Gasteiger partial charge is 0.496 e. The fourth-order valence-electron chi connectivity index (χ4n) is 4.14. The van der Waals surface area contributed by atoms with E-state index in [2.05, 4.69) is 20.9 Å². The number of amides is 3. The Hall–Kier alpha value is -3.71. The van der Waals surface area contributed by atoms with Crippen LogP contribution in [0.25, 0.3) is 0 Å². The molecule has 4 rings (SSSR count). The minimum absolute atomic E-state index is 0.242. The molecule has 3 aromatic carbocycles. The number of benzene rings is 3. The summed E-state index contributed by atoms with van der Waals surface area (Å²) in [6.07, 6.45) is 2.18. The van der Waals surface area contributed by atoms with Gasteiger partial charge in [0.15, 0.2) is 0 Å². The van der Waals surface area contributed by atoms with Crippen molar-refractivity contribution in [2.75, 3.05) is 35.7 Å². The Labute approximate surface area is 210 Å². The lowest BCUT2D eigenvalue weighted by atomic mass is 10.1. The lowest BCUT2D eigenvalue weighted by Crippen LogP contribution is -2.26. The number of anilines is 3. The van der Waals surface area contributed by atoms with E-state index in [4.69, 9.17) is 16.3 Å². The second-order valence-electron chi connectivity index (χ2n) is 8.48. The summed E-state index contributed by atoms with van der Waals surface area (Å²) in [5, 5.41) is 9.11. The van der Waals surface area contributed by atoms with E-state index in [1.54, 1.807) is 31.4 Å². The molecule has 7 nitrogen and oxygen atoms in total. The third kappa shape index (κ3) is 6.05. The number of aryl methyl sites for hydroxylation is 1. The number of rotatable bonds is 7. The quantitative estimate of drug-likeness (QED) is 0.387. The zero-order valence-electron chi connectivity index (χ0n) is 19.9. The Bertz CT molecular complexity index is 1220. The Morgan fingerprint density at radius 1 is 0.971 bits per heavy atom. The third-order valence-electron chi connectivity index (χ3n) is 5.96. The highest BCUT2D eigenvalue weighted by Crippen LogP contribution is 2.31. The number of ether oxygens (including phenoxy) is 1. The molecule has 1 fully saturated rings. The van der Waals surface area contributed by atoms with Crippen molar-refractivity contribution in [3.63, 3.8) is 0 Å². The summed E-state index contributed by atoms with van der Waals surface area (Å²) in [6.45, 7) is 4.06. The van der Waals surface area contributed by atoms with Gasteiger partial charge in [-0.2, -0.15) is 0 Å². The summed E-state index contributed by atoms with van der Waals surface area (Å²) in [6, 6.07) is 17.9. The van der Waals surface area contributed by atoms with Crippen LogP contribution in [0.5, 0.6) is 5.75 Å². The lowest BCUT2D eigenvalue weighted by Gasteiger charge is -2.22. The molecule has 8 heteroatoms. The van der Waals surface area contributed by atoms with Crippen molar-refractivity contribution in [1.82, 2.24) is 5.32 Å². The first-order valence-corrected chi connectivity index (χ1v) is 12.0. The number of carbonyl (C=O) groups is 2. The average molecular weight is 493 g/mol. The molecular formula is C27H29ClN4O3. The number of hydrogen-bond donors (Lipinski definition) is 3. The molecule has 1 aliphatic rings. The van der Waals surface area contributed by atoms with E-state index in [-0.39, 0.29) is 5.91 Å². The van der Waals surface area contributed by atoms with E-state index in [1.165, 1.54) is 0 Å². The molecule has 3 N–H and O–H groups in total. The molecule has 182 valence electrons. The van der Waals surface area contributed by atoms with E-state index < -0.39 is 6.03 Å². The maximum absolute atomic E-state index is 12.9. The van der Waals surface area contributed by atoms with Gasteiger partial charge in [-0.3, -0.25) is 4.79 Å². The first-order chi connectivity index (χ1) is 16.9. The summed E-state index contributed by atoms with van der Waals surface area (Å²) in [4.78, 5) is 28.0. The van der Waals surface area contributed by atoms with Crippen molar-refractivity contribution in [3.8, 4) is 5.75 Å². The summed E-state index contributed by atoms with van der Waals surface area (Å²) in [5.41, 5.74) is 4.30. The Balaban J connectivity index is 1.52. The molecule has 0 saturated carbocycles. The molecule has 0 aromatic heterocycles. The second-order valence-corrected chi connectivity index (χ2v) is 8.89. The van der Waals surface area contributed by atoms with Gasteiger partial charge in [-0.15, -0.1) is 0 Å². The number of carbonyl (C=O) groups excluding carboxylic acids is 2. The Kier molecular flexibility index (Phi) is 7.77. The first kappa shape index (κ1) is 24.4. The SMILES string of the molecule is COc1ccccc1CNC(=O)c1ccc(N2CCCC2)c(NC(=O)Nc2ccc(C)cc2Cl)c1. The van der Waals surface area contributed by atoms with Crippen LogP contribution in [0.1, 0.15) is 34.3 Å². The van der Waals surface area contributed by atoms with Gasteiger partial charge in [-0.1, -0.05) is 35.9 Å². The number of urea groups is 1. The van der Waals surface area contributed by atoms with Crippen LogP contribution in [-0.4, -0.2) is 32.1 Å². The van der Waals surface area contributed by atoms with E-state index >= 15 is 0 Å². The van der Waals surface area contributed by atoms with Gasteiger partial charge in [0.05, 0.1) is 29.2 Å². The highest BCUT2D eigenvalue weighted by molar-refractivity contribution is 6.33. The normalized spacial score (nSPS) is 12.8. The molecule has 0 aliphatic carbocycles. The van der Waals surface area contributed by atoms with Gasteiger partial charge in [0.1, 0.15) is 5.75 Å². The molecule has 1 heterocycles. The van der Waals surface area contributed by atoms with Crippen LogP contribution in [0.15, 0.2) is 60.7 Å². The van der Waals surface area contributed by atoms with Crippen molar-refractivity contribution in [3.05, 3.63) is 82.4 Å². The maximum Gasteiger partial charge on any atom is 0.323 e. The standard InChI is InChI=1S/C27H29ClN4O3/c1-18-9-11-22(21(28)15-18)30-27(34)31-23-16-19(10-12-24(23)32-13-5-6-14-32)26(33)29-17-20-7-3-4-8-25(20)35-2/h3-4,7-12,15-16H,5-6,13-14,17H2,1-2H3,(H,29,33)(H2,30,31,34). The molecule has 0 spiro atoms. The zero-order valence-corrected chi connectivity index (χ0v) is 20.6. The summed E-state index contributed by atoms with van der Waals surface area (Å²) in [7, 11) is 1.60. The molecule has 0 atom stereocenters. The van der Waals surface area contributed by atoms with Gasteiger partial charge in [0.2, 0.25) is 0 Å². The molecule has 3 aromatic rings. The summed E-state index contributed by atoms with van der Waals surface area (Å²) in [5.74, 6) is 0.472. The van der Waals surface area contributed by atoms with Crippen LogP contribution >= 0.6 is 11.6 Å². The van der Waals surface area contributed by atoms with Crippen molar-refractivity contribution in [1.29, 1.82) is 0 Å². The van der Waals surface area contributed by atoms with Crippen LogP contribution in [0.3, 0.4) is 0 Å². The second kappa shape index (κ2) is 11.1. The maximum atomic E-state index is 12.9. The van der Waals surface area contributed by atoms with Gasteiger partial charge >= 0.3 is 6.03 Å². The average Bonchev–Trinajstić information content (AvgIpc) is 3.39. The van der Waals surface area contributed by atoms with Crippen LogP contribution in [0.4, 0.5) is 21.9 Å². The number of methoxy groups -OCH3 is 1. The first-order valence-electron chi connectivity index (χ1n) is 11.6. The van der Waals surface area contributed by atoms with Crippen LogP contribution in [-0.2, 0) is 6.54 Å². The van der Waals surface area contributed by atoms with E-state index in [0.717, 1.165) is 42.7 Å². The Morgan fingerprint density at radius 3 is 2.46 bits per heavy atom. The molecule has 1 aliphatic heterocycles. The van der Waals surface area contributed by atoms with Crippen molar-refractivity contribution in [2.24, 2.45) is 0 Å². The third-order valence-corrected chi connectivity index (χ3v) is 6.27. The lowest BCUT2D eigenvalue weighted by molar-refractivity contribution is 0.0950. The summed E-state index contributed by atoms with van der Waals surface area (Å²) >= 11 is 6.27. The van der Waals surface area contributed by atoms with Gasteiger partial charge in [-0.25, -0.2) is 4.79 Å². The zero-order chi connectivity index (χ0) is 24.8. The van der Waals surface area contributed by atoms with Gasteiger partial charge in [-0.05, 0) is 61.7 Å². The summed E-state index contributed by atoms with van der Waals surface area (Å²) < 4.78 is 5.36. The van der Waals surface area contributed by atoms with Gasteiger partial charge in [0.25, 0.3) is 5.91 Å². The molecule has 0 bridgehead atoms. The molecular weight excluding hydrogens is 464 g/mol. The van der Waals surface area contributed by atoms with Crippen molar-refractivity contribution >= 4 is 40.6 Å². The molecule has 1 saturated heterocycles. The molecule has 0 unspecified atom stereocenters. The minimum Gasteiger partial charge on any atom is -0.496 e. The highest BCUT2D eigenvalue weighted by Gasteiger charge is 2.19. The van der Waals surface area contributed by atoms with E-state index in [9.17, 15) is 9.59 Å². The smallest absolute Gasteiger partial charge is 0.323 e. The van der Waals surface area contributed by atoms with E-state index in [0.29, 0.717) is 34.3 Å². The predicted octanol–water partition coefficient (Wildman–Crippen LogP) is 5.83. The van der Waals surface area contributed by atoms with Crippen molar-refractivity contribution < 1.29 is 14.3 Å². The predicted molar refractivity (Wildman–Crippen MR) is 141 cm³/mol. The van der Waals surface area contributed by atoms with Crippen LogP contribution in [0, 0.1) is 6.92 Å². The van der Waals surface area contributed by atoms with Crippen LogP contribution < -0.4 is 25.6 Å².